The number of nitrogens with zero attached hydrogens (tertiary/aromatic N) is 4. The molecule has 1 fully saturated rings. The van der Waals surface area contributed by atoms with Crippen LogP contribution >= 0.6 is 0 Å². The molecule has 1 N–H and O–H groups in total. The van der Waals surface area contributed by atoms with Crippen LogP contribution in [0.3, 0.4) is 0 Å². The van der Waals surface area contributed by atoms with Crippen molar-refractivity contribution in [1.29, 1.82) is 5.26 Å². The van der Waals surface area contributed by atoms with E-state index < -0.39 is 6.09 Å². The lowest BCUT2D eigenvalue weighted by Gasteiger charge is -2.30. The summed E-state index contributed by atoms with van der Waals surface area (Å²) in [6.07, 6.45) is 6.02. The van der Waals surface area contributed by atoms with E-state index in [2.05, 4.69) is 27.0 Å². The number of carbonyl (C=O) groups excluding carboxylic acids is 1. The molecule has 1 amide bonds. The number of pyridine rings is 1. The van der Waals surface area contributed by atoms with Gasteiger partial charge < -0.3 is 14.6 Å². The van der Waals surface area contributed by atoms with Crippen molar-refractivity contribution in [2.24, 2.45) is 5.92 Å². The van der Waals surface area contributed by atoms with Gasteiger partial charge in [0.1, 0.15) is 11.3 Å². The Morgan fingerprint density at radius 2 is 2.07 bits per heavy atom. The Labute approximate surface area is 163 Å². The maximum absolute atomic E-state index is 11.6. The van der Waals surface area contributed by atoms with Crippen molar-refractivity contribution in [3.8, 4) is 6.07 Å². The Morgan fingerprint density at radius 1 is 1.29 bits per heavy atom. The highest BCUT2D eigenvalue weighted by Crippen LogP contribution is 2.37. The van der Waals surface area contributed by atoms with Crippen LogP contribution in [0.2, 0.25) is 0 Å². The number of methoxy groups -OCH3 is 1. The fourth-order valence-electron chi connectivity index (χ4n) is 4.25. The first kappa shape index (κ1) is 18.2. The number of para-hydroxylation sites is 1. The summed E-state index contributed by atoms with van der Waals surface area (Å²) in [5.74, 6) is 1.29. The standard InChI is InChI=1S/C21H23N5O2/c1-28-21(27)24-13-19-25-18-12-23-17-5-3-2-4-16(17)20(18)26(19)15-8-6-14(7-9-15)10-11-22/h2-5,12,14-15H,6-10,13H2,1H3,(H,24,27)/t14-,15-. The largest absolute Gasteiger partial charge is 0.453 e. The van der Waals surface area contributed by atoms with E-state index in [1.807, 2.05) is 18.2 Å². The van der Waals surface area contributed by atoms with Crippen molar-refractivity contribution in [2.75, 3.05) is 7.11 Å². The number of benzene rings is 1. The molecule has 0 atom stereocenters. The Hall–Kier alpha value is -3.14. The number of hydrogen-bond donors (Lipinski definition) is 1. The average molecular weight is 377 g/mol. The van der Waals surface area contributed by atoms with E-state index in [-0.39, 0.29) is 0 Å². The Kier molecular flexibility index (Phi) is 5.11. The highest BCUT2D eigenvalue weighted by Gasteiger charge is 2.26. The molecule has 0 spiro atoms. The van der Waals surface area contributed by atoms with Crippen LogP contribution in [0.15, 0.2) is 30.5 Å². The molecule has 1 aliphatic carbocycles. The summed E-state index contributed by atoms with van der Waals surface area (Å²) in [5.41, 5.74) is 2.83. The lowest BCUT2D eigenvalue weighted by atomic mass is 9.84. The molecule has 7 nitrogen and oxygen atoms in total. The van der Waals surface area contributed by atoms with Gasteiger partial charge in [-0.05, 0) is 37.7 Å². The number of nitriles is 1. The zero-order valence-corrected chi connectivity index (χ0v) is 15.9. The number of imidazole rings is 1. The minimum absolute atomic E-state index is 0.292. The third-order valence-electron chi connectivity index (χ3n) is 5.63. The lowest BCUT2D eigenvalue weighted by molar-refractivity contribution is 0.170. The summed E-state index contributed by atoms with van der Waals surface area (Å²) in [4.78, 5) is 20.9. The van der Waals surface area contributed by atoms with Gasteiger partial charge in [-0.1, -0.05) is 18.2 Å². The molecular weight excluding hydrogens is 354 g/mol. The number of ether oxygens (including phenoxy) is 1. The molecule has 0 unspecified atom stereocenters. The van der Waals surface area contributed by atoms with Crippen molar-refractivity contribution < 1.29 is 9.53 Å². The van der Waals surface area contributed by atoms with Crippen molar-refractivity contribution in [2.45, 2.75) is 44.7 Å². The maximum Gasteiger partial charge on any atom is 0.407 e. The molecule has 3 aromatic rings. The predicted octanol–water partition coefficient (Wildman–Crippen LogP) is 4.09. The van der Waals surface area contributed by atoms with Crippen LogP contribution in [0.4, 0.5) is 4.79 Å². The normalized spacial score (nSPS) is 19.4. The summed E-state index contributed by atoms with van der Waals surface area (Å²) in [7, 11) is 1.35. The predicted molar refractivity (Wildman–Crippen MR) is 106 cm³/mol. The average Bonchev–Trinajstić information content (AvgIpc) is 3.11. The Bertz CT molecular complexity index is 1040. The molecule has 1 aliphatic rings. The first-order chi connectivity index (χ1) is 13.7. The molecule has 0 bridgehead atoms. The third-order valence-corrected chi connectivity index (χ3v) is 5.63. The van der Waals surface area contributed by atoms with Crippen LogP contribution < -0.4 is 5.32 Å². The number of aromatic nitrogens is 3. The molecule has 1 saturated carbocycles. The van der Waals surface area contributed by atoms with Gasteiger partial charge in [0.2, 0.25) is 0 Å². The van der Waals surface area contributed by atoms with Gasteiger partial charge in [0, 0.05) is 17.8 Å². The quantitative estimate of drug-likeness (QED) is 0.739. The molecule has 2 aromatic heterocycles. The van der Waals surface area contributed by atoms with Gasteiger partial charge >= 0.3 is 6.09 Å². The smallest absolute Gasteiger partial charge is 0.407 e. The van der Waals surface area contributed by atoms with Gasteiger partial charge in [-0.3, -0.25) is 4.98 Å². The van der Waals surface area contributed by atoms with Gasteiger partial charge in [-0.25, -0.2) is 9.78 Å². The van der Waals surface area contributed by atoms with Gasteiger partial charge in [-0.15, -0.1) is 0 Å². The number of amides is 1. The topological polar surface area (TPSA) is 92.8 Å². The summed E-state index contributed by atoms with van der Waals surface area (Å²) in [6.45, 7) is 0.299. The van der Waals surface area contributed by atoms with Crippen molar-refractivity contribution >= 4 is 28.0 Å². The lowest BCUT2D eigenvalue weighted by Crippen LogP contribution is -2.26. The minimum Gasteiger partial charge on any atom is -0.453 e. The monoisotopic (exact) mass is 377 g/mol. The van der Waals surface area contributed by atoms with Crippen LogP contribution in [-0.4, -0.2) is 27.7 Å². The molecule has 1 aromatic carbocycles. The molecule has 0 saturated heterocycles. The maximum atomic E-state index is 11.6. The van der Waals surface area contributed by atoms with E-state index in [1.165, 1.54) is 7.11 Å². The molecule has 4 rings (SSSR count). The van der Waals surface area contributed by atoms with E-state index >= 15 is 0 Å². The first-order valence-electron chi connectivity index (χ1n) is 9.64. The highest BCUT2D eigenvalue weighted by molar-refractivity contribution is 6.02. The number of alkyl carbamates (subject to hydrolysis) is 1. The van der Waals surface area contributed by atoms with Gasteiger partial charge in [-0.2, -0.15) is 5.26 Å². The number of nitrogens with one attached hydrogen (secondary N) is 1. The first-order valence-corrected chi connectivity index (χ1v) is 9.64. The van der Waals surface area contributed by atoms with Crippen LogP contribution in [0.1, 0.15) is 44.0 Å². The van der Waals surface area contributed by atoms with E-state index in [4.69, 9.17) is 15.0 Å². The van der Waals surface area contributed by atoms with Crippen LogP contribution in [0, 0.1) is 17.2 Å². The number of fused-ring (bicyclic) bond motifs is 3. The van der Waals surface area contributed by atoms with Crippen LogP contribution in [0.5, 0.6) is 0 Å². The number of carbonyl (C=O) groups is 1. The van der Waals surface area contributed by atoms with Gasteiger partial charge in [0.25, 0.3) is 0 Å². The van der Waals surface area contributed by atoms with Gasteiger partial charge in [0.05, 0.1) is 37.0 Å². The van der Waals surface area contributed by atoms with Crippen LogP contribution in [0.25, 0.3) is 21.9 Å². The van der Waals surface area contributed by atoms with Crippen molar-refractivity contribution in [3.63, 3.8) is 0 Å². The van der Waals surface area contributed by atoms with Crippen molar-refractivity contribution in [3.05, 3.63) is 36.3 Å². The van der Waals surface area contributed by atoms with E-state index in [0.29, 0.717) is 24.9 Å². The molecule has 28 heavy (non-hydrogen) atoms. The third kappa shape index (κ3) is 3.38. The summed E-state index contributed by atoms with van der Waals surface area (Å²) < 4.78 is 6.99. The van der Waals surface area contributed by atoms with Gasteiger partial charge in [0.15, 0.2) is 0 Å². The molecule has 0 radical (unpaired) electrons. The van der Waals surface area contributed by atoms with Crippen molar-refractivity contribution in [1.82, 2.24) is 19.9 Å². The number of rotatable bonds is 4. The molecule has 7 heteroatoms. The number of hydrogen-bond acceptors (Lipinski definition) is 5. The fourth-order valence-corrected chi connectivity index (χ4v) is 4.25. The highest BCUT2D eigenvalue weighted by atomic mass is 16.5. The molecule has 0 aliphatic heterocycles. The second kappa shape index (κ2) is 7.85. The van der Waals surface area contributed by atoms with E-state index in [9.17, 15) is 4.79 Å². The fraction of sp³-hybridized carbons (Fsp3) is 0.429. The summed E-state index contributed by atoms with van der Waals surface area (Å²) in [6, 6.07) is 10.7. The molecular formula is C21H23N5O2. The zero-order chi connectivity index (χ0) is 19.5. The van der Waals surface area contributed by atoms with Crippen LogP contribution in [-0.2, 0) is 11.3 Å². The zero-order valence-electron chi connectivity index (χ0n) is 15.9. The Morgan fingerprint density at radius 3 is 2.82 bits per heavy atom. The SMILES string of the molecule is COC(=O)NCc1nc2cnc3ccccc3c2n1[C@H]1CC[C@H](CC#N)CC1. The van der Waals surface area contributed by atoms with E-state index in [0.717, 1.165) is 53.4 Å². The van der Waals surface area contributed by atoms with E-state index in [1.54, 1.807) is 6.20 Å². The Balaban J connectivity index is 1.77. The second-order valence-electron chi connectivity index (χ2n) is 7.29. The minimum atomic E-state index is -0.473. The second-order valence-corrected chi connectivity index (χ2v) is 7.29. The molecule has 144 valence electrons. The molecule has 2 heterocycles. The summed E-state index contributed by atoms with van der Waals surface area (Å²) in [5, 5.41) is 12.8. The summed E-state index contributed by atoms with van der Waals surface area (Å²) >= 11 is 0.